The fourth-order valence-corrected chi connectivity index (χ4v) is 2.21. The predicted molar refractivity (Wildman–Crippen MR) is 53.7 cm³/mol. The zero-order valence-corrected chi connectivity index (χ0v) is 8.97. The van der Waals surface area contributed by atoms with E-state index in [1.54, 1.807) is 0 Å². The third-order valence-corrected chi connectivity index (χ3v) is 3.43. The van der Waals surface area contributed by atoms with Crippen molar-refractivity contribution in [1.29, 1.82) is 0 Å². The maximum Gasteiger partial charge on any atom is 0.0110 e. The summed E-state index contributed by atoms with van der Waals surface area (Å²) in [5.74, 6) is 0.983. The molecule has 1 aliphatic rings. The van der Waals surface area contributed by atoms with Crippen LogP contribution in [0.25, 0.3) is 0 Å². The average molecular weight is 253 g/mol. The number of hydrogen-bond acceptors (Lipinski definition) is 1. The summed E-state index contributed by atoms with van der Waals surface area (Å²) in [6.45, 7) is 4.94. The summed E-state index contributed by atoms with van der Waals surface area (Å²) < 4.78 is 0.867. The molecule has 1 unspecified atom stereocenters. The van der Waals surface area contributed by atoms with Gasteiger partial charge in [-0.1, -0.05) is 29.5 Å². The van der Waals surface area contributed by atoms with Crippen LogP contribution in [0.15, 0.2) is 0 Å². The smallest absolute Gasteiger partial charge is 0.0110 e. The Morgan fingerprint density at radius 2 is 1.90 bits per heavy atom. The van der Waals surface area contributed by atoms with Crippen molar-refractivity contribution in [2.45, 2.75) is 23.7 Å². The summed E-state index contributed by atoms with van der Waals surface area (Å²) in [5, 5.41) is 0. The fraction of sp³-hybridized carbons (Fsp3) is 1.00. The molecule has 1 rings (SSSR count). The van der Waals surface area contributed by atoms with Gasteiger partial charge in [0.15, 0.2) is 0 Å². The van der Waals surface area contributed by atoms with Crippen LogP contribution in [0.3, 0.4) is 0 Å². The van der Waals surface area contributed by atoms with Crippen molar-refractivity contribution in [3.63, 3.8) is 0 Å². The molecule has 1 atom stereocenters. The van der Waals surface area contributed by atoms with E-state index < -0.39 is 0 Å². The van der Waals surface area contributed by atoms with Crippen LogP contribution in [0.4, 0.5) is 0 Å². The van der Waals surface area contributed by atoms with Gasteiger partial charge in [0.2, 0.25) is 0 Å². The predicted octanol–water partition coefficient (Wildman–Crippen LogP) is 2.15. The van der Waals surface area contributed by atoms with E-state index in [4.69, 9.17) is 0 Å². The van der Waals surface area contributed by atoms with Crippen molar-refractivity contribution < 1.29 is 0 Å². The van der Waals surface area contributed by atoms with Gasteiger partial charge in [-0.3, -0.25) is 0 Å². The Bertz CT molecular complexity index is 95.4. The minimum Gasteiger partial charge on any atom is -0.306 e. The Morgan fingerprint density at radius 1 is 1.40 bits per heavy atom. The molecule has 0 aromatic heterocycles. The SMILES string of the molecule is CC(I)C1CCN(C)CC1. The molecular weight excluding hydrogens is 237 g/mol. The van der Waals surface area contributed by atoms with E-state index in [1.807, 2.05) is 0 Å². The van der Waals surface area contributed by atoms with Gasteiger partial charge in [0.1, 0.15) is 0 Å². The molecule has 1 aliphatic heterocycles. The van der Waals surface area contributed by atoms with Gasteiger partial charge in [-0.05, 0) is 38.9 Å². The lowest BCUT2D eigenvalue weighted by molar-refractivity contribution is 0.222. The van der Waals surface area contributed by atoms with E-state index in [1.165, 1.54) is 25.9 Å². The molecule has 0 aromatic rings. The van der Waals surface area contributed by atoms with Gasteiger partial charge in [0.05, 0.1) is 0 Å². The minimum atomic E-state index is 0.867. The minimum absolute atomic E-state index is 0.867. The van der Waals surface area contributed by atoms with Crippen molar-refractivity contribution in [2.24, 2.45) is 5.92 Å². The third-order valence-electron chi connectivity index (χ3n) is 2.41. The second kappa shape index (κ2) is 3.90. The summed E-state index contributed by atoms with van der Waals surface area (Å²) in [7, 11) is 2.22. The number of rotatable bonds is 1. The molecule has 0 aromatic carbocycles. The lowest BCUT2D eigenvalue weighted by Gasteiger charge is -2.30. The fourth-order valence-electron chi connectivity index (χ4n) is 1.49. The molecule has 1 saturated heterocycles. The number of likely N-dealkylation sites (tertiary alicyclic amines) is 1. The van der Waals surface area contributed by atoms with Crippen LogP contribution in [-0.4, -0.2) is 29.0 Å². The first-order chi connectivity index (χ1) is 4.70. The zero-order valence-electron chi connectivity index (χ0n) is 6.81. The monoisotopic (exact) mass is 253 g/mol. The summed E-state index contributed by atoms with van der Waals surface area (Å²) in [4.78, 5) is 2.43. The van der Waals surface area contributed by atoms with Crippen molar-refractivity contribution in [2.75, 3.05) is 20.1 Å². The van der Waals surface area contributed by atoms with Crippen molar-refractivity contribution in [3.05, 3.63) is 0 Å². The molecule has 0 N–H and O–H groups in total. The van der Waals surface area contributed by atoms with Gasteiger partial charge in [-0.15, -0.1) is 0 Å². The van der Waals surface area contributed by atoms with Crippen molar-refractivity contribution >= 4 is 22.6 Å². The summed E-state index contributed by atoms with van der Waals surface area (Å²) in [6.07, 6.45) is 2.81. The van der Waals surface area contributed by atoms with E-state index in [2.05, 4.69) is 41.5 Å². The molecule has 0 bridgehead atoms. The van der Waals surface area contributed by atoms with Crippen molar-refractivity contribution in [3.8, 4) is 0 Å². The van der Waals surface area contributed by atoms with Gasteiger partial charge >= 0.3 is 0 Å². The molecule has 0 saturated carbocycles. The highest BCUT2D eigenvalue weighted by Crippen LogP contribution is 2.24. The molecule has 2 heteroatoms. The topological polar surface area (TPSA) is 3.24 Å². The molecule has 1 fully saturated rings. The van der Waals surface area contributed by atoms with Crippen LogP contribution in [0.5, 0.6) is 0 Å². The maximum absolute atomic E-state index is 2.55. The normalized spacial score (nSPS) is 26.7. The van der Waals surface area contributed by atoms with E-state index in [-0.39, 0.29) is 0 Å². The summed E-state index contributed by atoms with van der Waals surface area (Å²) in [5.41, 5.74) is 0. The molecule has 1 nitrogen and oxygen atoms in total. The van der Waals surface area contributed by atoms with Crippen LogP contribution in [0, 0.1) is 5.92 Å². The van der Waals surface area contributed by atoms with E-state index >= 15 is 0 Å². The van der Waals surface area contributed by atoms with Gasteiger partial charge in [-0.25, -0.2) is 0 Å². The van der Waals surface area contributed by atoms with E-state index in [9.17, 15) is 0 Å². The summed E-state index contributed by atoms with van der Waals surface area (Å²) >= 11 is 2.55. The second-order valence-corrected chi connectivity index (χ2v) is 5.28. The first kappa shape index (κ1) is 8.78. The van der Waals surface area contributed by atoms with Gasteiger partial charge in [-0.2, -0.15) is 0 Å². The number of hydrogen-bond donors (Lipinski definition) is 0. The highest BCUT2D eigenvalue weighted by molar-refractivity contribution is 14.1. The first-order valence-corrected chi connectivity index (χ1v) is 5.27. The molecular formula is C8H16IN. The van der Waals surface area contributed by atoms with E-state index in [0.717, 1.165) is 9.84 Å². The third kappa shape index (κ3) is 2.38. The number of alkyl halides is 1. The lowest BCUT2D eigenvalue weighted by atomic mass is 9.95. The standard InChI is InChI=1S/C8H16IN/c1-7(9)8-3-5-10(2)6-4-8/h7-8H,3-6H2,1-2H3. The number of nitrogens with zero attached hydrogens (tertiary/aromatic N) is 1. The lowest BCUT2D eigenvalue weighted by Crippen LogP contribution is -2.32. The zero-order chi connectivity index (χ0) is 7.56. The van der Waals surface area contributed by atoms with Gasteiger partial charge in [0.25, 0.3) is 0 Å². The van der Waals surface area contributed by atoms with Crippen LogP contribution in [0.1, 0.15) is 19.8 Å². The second-order valence-electron chi connectivity index (χ2n) is 3.32. The number of halogens is 1. The Hall–Kier alpha value is 0.690. The van der Waals surface area contributed by atoms with Crippen LogP contribution >= 0.6 is 22.6 Å². The summed E-state index contributed by atoms with van der Waals surface area (Å²) in [6, 6.07) is 0. The molecule has 0 radical (unpaired) electrons. The van der Waals surface area contributed by atoms with Crippen LogP contribution in [0.2, 0.25) is 0 Å². The Labute approximate surface area is 77.3 Å². The highest BCUT2D eigenvalue weighted by atomic mass is 127. The van der Waals surface area contributed by atoms with Gasteiger partial charge < -0.3 is 4.90 Å². The first-order valence-electron chi connectivity index (χ1n) is 4.03. The molecule has 0 amide bonds. The molecule has 0 spiro atoms. The number of piperidine rings is 1. The average Bonchev–Trinajstić information content (AvgIpc) is 1.88. The van der Waals surface area contributed by atoms with Crippen LogP contribution < -0.4 is 0 Å². The Kier molecular flexibility index (Phi) is 3.43. The molecule has 10 heavy (non-hydrogen) atoms. The maximum atomic E-state index is 2.55. The Balaban J connectivity index is 2.26. The van der Waals surface area contributed by atoms with Gasteiger partial charge in [0, 0.05) is 3.92 Å². The molecule has 0 aliphatic carbocycles. The molecule has 60 valence electrons. The van der Waals surface area contributed by atoms with E-state index in [0.29, 0.717) is 0 Å². The largest absolute Gasteiger partial charge is 0.306 e. The van der Waals surface area contributed by atoms with Crippen molar-refractivity contribution in [1.82, 2.24) is 4.90 Å². The highest BCUT2D eigenvalue weighted by Gasteiger charge is 2.19. The molecule has 1 heterocycles. The van der Waals surface area contributed by atoms with Crippen LogP contribution in [-0.2, 0) is 0 Å². The Morgan fingerprint density at radius 3 is 2.30 bits per heavy atom. The quantitative estimate of drug-likeness (QED) is 0.511.